The maximum absolute atomic E-state index is 12.9. The Labute approximate surface area is 161 Å². The van der Waals surface area contributed by atoms with Crippen LogP contribution >= 0.6 is 0 Å². The van der Waals surface area contributed by atoms with Crippen LogP contribution in [0.5, 0.6) is 0 Å². The molecule has 3 aromatic heterocycles. The molecule has 0 aliphatic rings. The van der Waals surface area contributed by atoms with Crippen LogP contribution in [0.4, 0.5) is 0 Å². The highest BCUT2D eigenvalue weighted by Gasteiger charge is 2.27. The number of para-hydroxylation sites is 2. The summed E-state index contributed by atoms with van der Waals surface area (Å²) in [5, 5.41) is 3.70. The van der Waals surface area contributed by atoms with Crippen molar-refractivity contribution in [2.75, 3.05) is 7.05 Å². The molecule has 1 aromatic carbocycles. The lowest BCUT2D eigenvalue weighted by Gasteiger charge is -2.15. The van der Waals surface area contributed by atoms with Gasteiger partial charge in [-0.25, -0.2) is 13.4 Å². The Morgan fingerprint density at radius 1 is 1.07 bits per heavy atom. The minimum Gasteiger partial charge on any atom is -0.440 e. The van der Waals surface area contributed by atoms with E-state index < -0.39 is 10.0 Å². The Bertz CT molecular complexity index is 1260. The van der Waals surface area contributed by atoms with Crippen LogP contribution in [-0.4, -0.2) is 34.9 Å². The van der Waals surface area contributed by atoms with Gasteiger partial charge in [0.1, 0.15) is 0 Å². The molecule has 0 radical (unpaired) electrons. The molecule has 0 N–H and O–H groups in total. The molecule has 0 fully saturated rings. The number of hydrogen-bond acceptors (Lipinski definition) is 7. The Balaban J connectivity index is 1.59. The van der Waals surface area contributed by atoms with E-state index in [4.69, 9.17) is 8.94 Å². The first-order valence-corrected chi connectivity index (χ1v) is 10.0. The largest absolute Gasteiger partial charge is 0.440 e. The monoisotopic (exact) mass is 398 g/mol. The molecular formula is C19H18N4O4S. The molecule has 0 amide bonds. The van der Waals surface area contributed by atoms with Crippen molar-refractivity contribution in [2.24, 2.45) is 0 Å². The van der Waals surface area contributed by atoms with Gasteiger partial charge in [-0.05, 0) is 38.1 Å². The molecule has 4 aromatic rings. The summed E-state index contributed by atoms with van der Waals surface area (Å²) >= 11 is 0. The molecule has 9 heteroatoms. The second-order valence-electron chi connectivity index (χ2n) is 6.45. The molecule has 0 atom stereocenters. The molecule has 0 aliphatic heterocycles. The highest BCUT2D eigenvalue weighted by molar-refractivity contribution is 7.88. The van der Waals surface area contributed by atoms with Gasteiger partial charge >= 0.3 is 0 Å². The summed E-state index contributed by atoms with van der Waals surface area (Å²) in [6.45, 7) is 3.71. The first kappa shape index (κ1) is 18.3. The maximum Gasteiger partial charge on any atom is 0.276 e. The van der Waals surface area contributed by atoms with Crippen molar-refractivity contribution in [3.8, 4) is 11.5 Å². The Kier molecular flexibility index (Phi) is 4.48. The zero-order chi connectivity index (χ0) is 19.9. The van der Waals surface area contributed by atoms with Crippen LogP contribution in [0, 0.1) is 13.8 Å². The third-order valence-corrected chi connectivity index (χ3v) is 6.19. The molecule has 0 spiro atoms. The fourth-order valence-corrected chi connectivity index (χ4v) is 3.81. The minimum absolute atomic E-state index is 0.0661. The number of hydrogen-bond donors (Lipinski definition) is 0. The fourth-order valence-electron chi connectivity index (χ4n) is 2.76. The predicted molar refractivity (Wildman–Crippen MR) is 102 cm³/mol. The van der Waals surface area contributed by atoms with Crippen LogP contribution in [0.2, 0.25) is 0 Å². The van der Waals surface area contributed by atoms with E-state index in [0.29, 0.717) is 22.7 Å². The molecular weight excluding hydrogens is 380 g/mol. The van der Waals surface area contributed by atoms with E-state index in [0.717, 1.165) is 16.8 Å². The van der Waals surface area contributed by atoms with Gasteiger partial charge in [0, 0.05) is 12.6 Å². The molecule has 28 heavy (non-hydrogen) atoms. The van der Waals surface area contributed by atoms with Crippen molar-refractivity contribution in [2.45, 2.75) is 25.5 Å². The molecule has 0 aliphatic carbocycles. The Morgan fingerprint density at radius 3 is 2.54 bits per heavy atom. The molecule has 0 bridgehead atoms. The number of aromatic nitrogens is 3. The first-order chi connectivity index (χ1) is 13.4. The van der Waals surface area contributed by atoms with E-state index >= 15 is 0 Å². The van der Waals surface area contributed by atoms with E-state index in [1.807, 2.05) is 31.2 Å². The number of furan rings is 1. The number of rotatable bonds is 5. The molecule has 3 heterocycles. The maximum atomic E-state index is 12.9. The summed E-state index contributed by atoms with van der Waals surface area (Å²) in [6, 6.07) is 10.4. The zero-order valence-corrected chi connectivity index (χ0v) is 16.4. The highest BCUT2D eigenvalue weighted by atomic mass is 32.2. The quantitative estimate of drug-likeness (QED) is 0.508. The van der Waals surface area contributed by atoms with Crippen LogP contribution in [0.3, 0.4) is 0 Å². The average Bonchev–Trinajstić information content (AvgIpc) is 3.29. The van der Waals surface area contributed by atoms with Crippen LogP contribution < -0.4 is 0 Å². The summed E-state index contributed by atoms with van der Waals surface area (Å²) in [7, 11) is -2.38. The van der Waals surface area contributed by atoms with Crippen LogP contribution in [0.15, 0.2) is 56.6 Å². The molecule has 0 saturated heterocycles. The smallest absolute Gasteiger partial charge is 0.276 e. The summed E-state index contributed by atoms with van der Waals surface area (Å²) in [5.74, 6) is 0.734. The Hall–Kier alpha value is -3.04. The third-order valence-electron chi connectivity index (χ3n) is 4.51. The second-order valence-corrected chi connectivity index (χ2v) is 8.43. The van der Waals surface area contributed by atoms with Gasteiger partial charge in [0.2, 0.25) is 10.9 Å². The van der Waals surface area contributed by atoms with Gasteiger partial charge in [-0.15, -0.1) is 0 Å². The highest BCUT2D eigenvalue weighted by Crippen LogP contribution is 2.29. The van der Waals surface area contributed by atoms with Crippen molar-refractivity contribution >= 4 is 21.1 Å². The van der Waals surface area contributed by atoms with Crippen molar-refractivity contribution in [1.82, 2.24) is 19.4 Å². The summed E-state index contributed by atoms with van der Waals surface area (Å²) in [5.41, 5.74) is 3.53. The second kappa shape index (κ2) is 6.84. The number of fused-ring (bicyclic) bond motifs is 1. The van der Waals surface area contributed by atoms with Gasteiger partial charge in [-0.1, -0.05) is 17.3 Å². The van der Waals surface area contributed by atoms with Crippen LogP contribution in [-0.2, 0) is 16.6 Å². The topological polar surface area (TPSA) is 102 Å². The lowest BCUT2D eigenvalue weighted by atomic mass is 10.2. The summed E-state index contributed by atoms with van der Waals surface area (Å²) in [6.07, 6.45) is 1.57. The van der Waals surface area contributed by atoms with Gasteiger partial charge in [0.15, 0.2) is 5.76 Å². The molecule has 0 unspecified atom stereocenters. The third kappa shape index (κ3) is 3.19. The molecule has 0 saturated carbocycles. The van der Waals surface area contributed by atoms with Gasteiger partial charge < -0.3 is 8.94 Å². The summed E-state index contributed by atoms with van der Waals surface area (Å²) < 4.78 is 37.7. The van der Waals surface area contributed by atoms with E-state index in [1.165, 1.54) is 17.4 Å². The van der Waals surface area contributed by atoms with Crippen LogP contribution in [0.1, 0.15) is 17.0 Å². The normalized spacial score (nSPS) is 12.1. The fraction of sp³-hybridized carbons (Fsp3) is 0.211. The van der Waals surface area contributed by atoms with Crippen LogP contribution in [0.25, 0.3) is 22.6 Å². The standard InChI is InChI=1S/C19H18N4O4S/c1-12-13(2)22-27-19(12)17-8-9-18(26-17)28(24,25)23(3)11-14-10-20-15-6-4-5-7-16(15)21-14/h4-10H,11H2,1-3H3. The molecule has 8 nitrogen and oxygen atoms in total. The van der Waals surface area contributed by atoms with E-state index in [2.05, 4.69) is 15.1 Å². The van der Waals surface area contributed by atoms with Gasteiger partial charge in [-0.2, -0.15) is 4.31 Å². The van der Waals surface area contributed by atoms with Crippen molar-refractivity contribution in [3.63, 3.8) is 0 Å². The van der Waals surface area contributed by atoms with E-state index in [1.54, 1.807) is 19.2 Å². The van der Waals surface area contributed by atoms with E-state index in [-0.39, 0.29) is 11.6 Å². The lowest BCUT2D eigenvalue weighted by Crippen LogP contribution is -2.26. The van der Waals surface area contributed by atoms with Crippen molar-refractivity contribution in [3.05, 3.63) is 59.5 Å². The van der Waals surface area contributed by atoms with E-state index in [9.17, 15) is 8.42 Å². The lowest BCUT2D eigenvalue weighted by molar-refractivity contribution is 0.386. The number of benzene rings is 1. The number of sulfonamides is 1. The van der Waals surface area contributed by atoms with Crippen molar-refractivity contribution < 1.29 is 17.4 Å². The zero-order valence-electron chi connectivity index (χ0n) is 15.6. The van der Waals surface area contributed by atoms with Gasteiger partial charge in [0.25, 0.3) is 10.0 Å². The Morgan fingerprint density at radius 2 is 1.82 bits per heavy atom. The number of nitrogens with zero attached hydrogens (tertiary/aromatic N) is 4. The molecule has 4 rings (SSSR count). The van der Waals surface area contributed by atoms with Gasteiger partial charge in [0.05, 0.1) is 35.2 Å². The van der Waals surface area contributed by atoms with Gasteiger partial charge in [-0.3, -0.25) is 4.98 Å². The SMILES string of the molecule is Cc1noc(-c2ccc(S(=O)(=O)N(C)Cc3cnc4ccccc4n3)o2)c1C. The minimum atomic E-state index is -3.85. The number of aryl methyl sites for hydroxylation is 1. The van der Waals surface area contributed by atoms with Crippen molar-refractivity contribution in [1.29, 1.82) is 0 Å². The summed E-state index contributed by atoms with van der Waals surface area (Å²) in [4.78, 5) is 8.79. The predicted octanol–water partition coefficient (Wildman–Crippen LogP) is 3.32. The average molecular weight is 398 g/mol. The first-order valence-electron chi connectivity index (χ1n) is 8.56. The molecule has 144 valence electrons.